The fraction of sp³-hybridized carbons (Fsp3) is 0.667. The molecule has 0 aliphatic rings. The molecule has 0 aromatic carbocycles. The van der Waals surface area contributed by atoms with Crippen LogP contribution in [-0.2, 0) is 4.74 Å². The molecule has 1 aromatic heterocycles. The molecule has 1 N–H and O–H groups in total. The molecule has 0 radical (unpaired) electrons. The molecular formula is C18H31N5O5. The minimum atomic E-state index is -0.745. The molecule has 0 unspecified atom stereocenters. The number of hydrogen-bond donors (Lipinski definition) is 1. The lowest BCUT2D eigenvalue weighted by atomic mass is 10.2. The maximum absolute atomic E-state index is 12.1. The van der Waals surface area contributed by atoms with E-state index in [2.05, 4.69) is 10.3 Å². The summed E-state index contributed by atoms with van der Waals surface area (Å²) >= 11 is 0. The third kappa shape index (κ3) is 7.55. The Labute approximate surface area is 166 Å². The topological polar surface area (TPSA) is 110 Å². The third-order valence-electron chi connectivity index (χ3n) is 3.37. The lowest BCUT2D eigenvalue weighted by molar-refractivity contribution is -0.384. The second-order valence-electron chi connectivity index (χ2n) is 7.96. The van der Waals surface area contributed by atoms with Crippen molar-refractivity contribution in [1.82, 2.24) is 9.88 Å². The smallest absolute Gasteiger partial charge is 0.412 e. The number of hydrogen-bond acceptors (Lipinski definition) is 8. The van der Waals surface area contributed by atoms with Crippen LogP contribution in [-0.4, -0.2) is 66.8 Å². The van der Waals surface area contributed by atoms with Crippen molar-refractivity contribution in [2.24, 2.45) is 0 Å². The average molecular weight is 397 g/mol. The van der Waals surface area contributed by atoms with Gasteiger partial charge in [0.1, 0.15) is 11.3 Å². The first-order chi connectivity index (χ1) is 12.8. The van der Waals surface area contributed by atoms with Crippen molar-refractivity contribution in [2.75, 3.05) is 44.4 Å². The number of likely N-dealkylation sites (N-methyl/N-ethyl adjacent to an activating group) is 2. The summed E-state index contributed by atoms with van der Waals surface area (Å²) < 4.78 is 10.9. The summed E-state index contributed by atoms with van der Waals surface area (Å²) in [5.41, 5.74) is -0.864. The van der Waals surface area contributed by atoms with Gasteiger partial charge in [-0.3, -0.25) is 15.4 Å². The maximum Gasteiger partial charge on any atom is 0.412 e. The number of rotatable bonds is 8. The second-order valence-corrected chi connectivity index (χ2v) is 7.96. The minimum Gasteiger partial charge on any atom is -0.473 e. The van der Waals surface area contributed by atoms with Crippen LogP contribution in [0.15, 0.2) is 6.07 Å². The Balaban J connectivity index is 3.32. The van der Waals surface area contributed by atoms with Crippen LogP contribution >= 0.6 is 0 Å². The summed E-state index contributed by atoms with van der Waals surface area (Å²) in [4.78, 5) is 31.2. The van der Waals surface area contributed by atoms with E-state index in [4.69, 9.17) is 9.47 Å². The SMILES string of the molecule is CC(C)Oc1nc(N(C)CCN(C)C)c([N+](=O)[O-])cc1NC(=O)OC(C)(C)C. The fourth-order valence-corrected chi connectivity index (χ4v) is 2.16. The Hall–Kier alpha value is -2.62. The molecule has 0 bridgehead atoms. The summed E-state index contributed by atoms with van der Waals surface area (Å²) in [7, 11) is 5.55. The molecule has 0 spiro atoms. The number of aromatic nitrogens is 1. The van der Waals surface area contributed by atoms with E-state index in [0.717, 1.165) is 0 Å². The van der Waals surface area contributed by atoms with E-state index >= 15 is 0 Å². The number of nitrogens with one attached hydrogen (secondary N) is 1. The lowest BCUT2D eigenvalue weighted by Crippen LogP contribution is -2.30. The molecule has 0 saturated carbocycles. The van der Waals surface area contributed by atoms with Crippen LogP contribution in [0.5, 0.6) is 5.88 Å². The number of nitro groups is 1. The molecule has 1 rings (SSSR count). The van der Waals surface area contributed by atoms with Gasteiger partial charge in [-0.15, -0.1) is 0 Å². The number of amides is 1. The predicted octanol–water partition coefficient (Wildman–Crippen LogP) is 3.12. The number of anilines is 2. The van der Waals surface area contributed by atoms with Crippen LogP contribution in [0.25, 0.3) is 0 Å². The van der Waals surface area contributed by atoms with Gasteiger partial charge in [-0.1, -0.05) is 0 Å². The van der Waals surface area contributed by atoms with Crippen molar-refractivity contribution in [3.8, 4) is 5.88 Å². The fourth-order valence-electron chi connectivity index (χ4n) is 2.16. The molecule has 0 atom stereocenters. The van der Waals surface area contributed by atoms with Crippen LogP contribution in [0.4, 0.5) is 22.0 Å². The van der Waals surface area contributed by atoms with Gasteiger partial charge in [0.15, 0.2) is 0 Å². The molecule has 0 saturated heterocycles. The Kier molecular flexibility index (Phi) is 7.98. The molecule has 1 heterocycles. The molecule has 0 aliphatic heterocycles. The average Bonchev–Trinajstić information content (AvgIpc) is 2.51. The summed E-state index contributed by atoms with van der Waals surface area (Å²) in [6.45, 7) is 9.99. The normalized spacial score (nSPS) is 11.5. The number of ether oxygens (including phenoxy) is 2. The van der Waals surface area contributed by atoms with Crippen LogP contribution in [0.2, 0.25) is 0 Å². The van der Waals surface area contributed by atoms with E-state index in [-0.39, 0.29) is 29.2 Å². The predicted molar refractivity (Wildman–Crippen MR) is 108 cm³/mol. The lowest BCUT2D eigenvalue weighted by Gasteiger charge is -2.23. The molecule has 1 amide bonds. The van der Waals surface area contributed by atoms with Crippen LogP contribution in [0.3, 0.4) is 0 Å². The third-order valence-corrected chi connectivity index (χ3v) is 3.37. The van der Waals surface area contributed by atoms with Gasteiger partial charge in [0, 0.05) is 26.2 Å². The number of nitrogens with zero attached hydrogens (tertiary/aromatic N) is 4. The Morgan fingerprint density at radius 2 is 1.89 bits per heavy atom. The van der Waals surface area contributed by atoms with Gasteiger partial charge in [-0.2, -0.15) is 4.98 Å². The van der Waals surface area contributed by atoms with Gasteiger partial charge in [-0.05, 0) is 48.7 Å². The van der Waals surface area contributed by atoms with E-state index in [1.54, 1.807) is 46.6 Å². The molecular weight excluding hydrogens is 366 g/mol. The highest BCUT2D eigenvalue weighted by Gasteiger charge is 2.26. The first kappa shape index (κ1) is 23.4. The monoisotopic (exact) mass is 397 g/mol. The molecule has 10 heteroatoms. The van der Waals surface area contributed by atoms with E-state index in [1.165, 1.54) is 6.07 Å². The molecule has 0 fully saturated rings. The van der Waals surface area contributed by atoms with Crippen LogP contribution in [0, 0.1) is 10.1 Å². The second kappa shape index (κ2) is 9.54. The number of carbonyl (C=O) groups excluding carboxylic acids is 1. The first-order valence-corrected chi connectivity index (χ1v) is 9.02. The van der Waals surface area contributed by atoms with Crippen molar-refractivity contribution < 1.29 is 19.2 Å². The zero-order chi connectivity index (χ0) is 21.6. The zero-order valence-electron chi connectivity index (χ0n) is 17.9. The Bertz CT molecular complexity index is 700. The molecule has 0 aliphatic carbocycles. The van der Waals surface area contributed by atoms with E-state index < -0.39 is 16.6 Å². The van der Waals surface area contributed by atoms with Crippen molar-refractivity contribution in [3.63, 3.8) is 0 Å². The summed E-state index contributed by atoms with van der Waals surface area (Å²) in [5, 5.41) is 14.1. The zero-order valence-corrected chi connectivity index (χ0v) is 17.9. The molecule has 28 heavy (non-hydrogen) atoms. The van der Waals surface area contributed by atoms with Crippen LogP contribution in [0.1, 0.15) is 34.6 Å². The van der Waals surface area contributed by atoms with Crippen molar-refractivity contribution in [3.05, 3.63) is 16.2 Å². The van der Waals surface area contributed by atoms with Gasteiger partial charge in [-0.25, -0.2) is 4.79 Å². The van der Waals surface area contributed by atoms with E-state index in [0.29, 0.717) is 13.1 Å². The van der Waals surface area contributed by atoms with E-state index in [1.807, 2.05) is 19.0 Å². The van der Waals surface area contributed by atoms with Gasteiger partial charge in [0.25, 0.3) is 0 Å². The molecule has 158 valence electrons. The van der Waals surface area contributed by atoms with Crippen molar-refractivity contribution in [1.29, 1.82) is 0 Å². The van der Waals surface area contributed by atoms with E-state index in [9.17, 15) is 14.9 Å². The largest absolute Gasteiger partial charge is 0.473 e. The quantitative estimate of drug-likeness (QED) is 0.526. The number of carbonyl (C=O) groups is 1. The first-order valence-electron chi connectivity index (χ1n) is 9.02. The molecule has 1 aromatic rings. The van der Waals surface area contributed by atoms with Crippen LogP contribution < -0.4 is 15.0 Å². The van der Waals surface area contributed by atoms with Crippen molar-refractivity contribution in [2.45, 2.75) is 46.3 Å². The Morgan fingerprint density at radius 3 is 2.36 bits per heavy atom. The van der Waals surface area contributed by atoms with Gasteiger partial charge < -0.3 is 19.3 Å². The van der Waals surface area contributed by atoms with Gasteiger partial charge in [0.2, 0.25) is 11.7 Å². The Morgan fingerprint density at radius 1 is 1.29 bits per heavy atom. The minimum absolute atomic E-state index is 0.0828. The molecule has 10 nitrogen and oxygen atoms in total. The summed E-state index contributed by atoms with van der Waals surface area (Å²) in [6.07, 6.45) is -0.987. The number of pyridine rings is 1. The van der Waals surface area contributed by atoms with Crippen molar-refractivity contribution >= 4 is 23.3 Å². The van der Waals surface area contributed by atoms with Gasteiger partial charge >= 0.3 is 11.8 Å². The standard InChI is InChI=1S/C18H31N5O5/c1-12(2)27-16-13(19-17(24)28-18(3,4)5)11-14(23(25)26)15(20-16)22(8)10-9-21(6)7/h11-12H,9-10H2,1-8H3,(H,19,24). The summed E-state index contributed by atoms with van der Waals surface area (Å²) in [6, 6.07) is 1.25. The highest BCUT2D eigenvalue weighted by molar-refractivity contribution is 5.88. The highest BCUT2D eigenvalue weighted by Crippen LogP contribution is 2.35. The van der Waals surface area contributed by atoms with Gasteiger partial charge in [0.05, 0.1) is 11.0 Å². The highest BCUT2D eigenvalue weighted by atomic mass is 16.6. The summed E-state index contributed by atoms with van der Waals surface area (Å²) in [5.74, 6) is 0.260. The maximum atomic E-state index is 12.1.